The van der Waals surface area contributed by atoms with Gasteiger partial charge in [0.05, 0.1) is 0 Å². The quantitative estimate of drug-likeness (QED) is 0.564. The molecule has 0 saturated heterocycles. The molecule has 0 aliphatic carbocycles. The first-order chi connectivity index (χ1) is 7.04. The summed E-state index contributed by atoms with van der Waals surface area (Å²) in [5.74, 6) is 0. The molecule has 0 unspecified atom stereocenters. The molecule has 0 nitrogen and oxygen atoms in total. The van der Waals surface area contributed by atoms with Gasteiger partial charge in [-0.25, -0.2) is 0 Å². The summed E-state index contributed by atoms with van der Waals surface area (Å²) >= 11 is 0. The van der Waals surface area contributed by atoms with Crippen LogP contribution >= 0.6 is 0 Å². The average Bonchev–Trinajstić information content (AvgIpc) is 2.24. The Morgan fingerprint density at radius 2 is 1.60 bits per heavy atom. The third-order valence-corrected chi connectivity index (χ3v) is 2.48. The van der Waals surface area contributed by atoms with E-state index in [9.17, 15) is 0 Å². The van der Waals surface area contributed by atoms with Crippen molar-refractivity contribution in [1.29, 1.82) is 0 Å². The van der Waals surface area contributed by atoms with Crippen LogP contribution < -0.4 is 0 Å². The SMILES string of the molecule is C=C(/C(C)=C/C=C\C)/C(C)=C(C)/C=C\C. The first kappa shape index (κ1) is 13.7. The first-order valence-electron chi connectivity index (χ1n) is 5.34. The largest absolute Gasteiger partial charge is 0.0912 e. The fourth-order valence-electron chi connectivity index (χ4n) is 1.25. The summed E-state index contributed by atoms with van der Waals surface area (Å²) in [6, 6.07) is 0. The van der Waals surface area contributed by atoms with Crippen LogP contribution in [-0.4, -0.2) is 0 Å². The second-order valence-electron chi connectivity index (χ2n) is 3.66. The highest BCUT2D eigenvalue weighted by Gasteiger charge is 2.00. The van der Waals surface area contributed by atoms with Crippen molar-refractivity contribution in [1.82, 2.24) is 0 Å². The Kier molecular flexibility index (Phi) is 6.44. The smallest absolute Gasteiger partial charge is 0.0267 e. The van der Waals surface area contributed by atoms with Crippen LogP contribution in [0.2, 0.25) is 0 Å². The Bertz CT molecular complexity index is 333. The Morgan fingerprint density at radius 1 is 1.00 bits per heavy atom. The van der Waals surface area contributed by atoms with Gasteiger partial charge in [0.15, 0.2) is 0 Å². The molecule has 82 valence electrons. The lowest BCUT2D eigenvalue weighted by Crippen LogP contribution is -1.89. The molecule has 0 bridgehead atoms. The normalized spacial score (nSPS) is 14.9. The molecule has 0 radical (unpaired) electrons. The number of rotatable bonds is 4. The fourth-order valence-corrected chi connectivity index (χ4v) is 1.25. The van der Waals surface area contributed by atoms with Crippen LogP contribution in [0.1, 0.15) is 34.6 Å². The van der Waals surface area contributed by atoms with Crippen LogP contribution in [0.25, 0.3) is 0 Å². The van der Waals surface area contributed by atoms with E-state index in [0.29, 0.717) is 0 Å². The lowest BCUT2D eigenvalue weighted by Gasteiger charge is -2.08. The van der Waals surface area contributed by atoms with Gasteiger partial charge < -0.3 is 0 Å². The zero-order chi connectivity index (χ0) is 11.8. The van der Waals surface area contributed by atoms with E-state index in [4.69, 9.17) is 0 Å². The lowest BCUT2D eigenvalue weighted by atomic mass is 9.97. The molecule has 0 aromatic carbocycles. The third-order valence-electron chi connectivity index (χ3n) is 2.48. The van der Waals surface area contributed by atoms with Gasteiger partial charge in [0.25, 0.3) is 0 Å². The van der Waals surface area contributed by atoms with E-state index in [0.717, 1.165) is 5.57 Å². The van der Waals surface area contributed by atoms with Gasteiger partial charge in [0, 0.05) is 0 Å². The summed E-state index contributed by atoms with van der Waals surface area (Å²) in [4.78, 5) is 0. The van der Waals surface area contributed by atoms with Crippen molar-refractivity contribution in [2.45, 2.75) is 34.6 Å². The van der Waals surface area contributed by atoms with Gasteiger partial charge in [-0.2, -0.15) is 0 Å². The van der Waals surface area contributed by atoms with Crippen molar-refractivity contribution >= 4 is 0 Å². The van der Waals surface area contributed by atoms with E-state index in [1.54, 1.807) is 0 Å². The Morgan fingerprint density at radius 3 is 2.07 bits per heavy atom. The first-order valence-corrected chi connectivity index (χ1v) is 5.34. The maximum Gasteiger partial charge on any atom is -0.0267 e. The van der Waals surface area contributed by atoms with Crippen LogP contribution in [-0.2, 0) is 0 Å². The molecule has 0 rings (SSSR count). The molecule has 0 aromatic rings. The van der Waals surface area contributed by atoms with Gasteiger partial charge in [0.2, 0.25) is 0 Å². The molecule has 15 heavy (non-hydrogen) atoms. The van der Waals surface area contributed by atoms with E-state index in [1.807, 2.05) is 26.0 Å². The van der Waals surface area contributed by atoms with Crippen LogP contribution in [0.15, 0.2) is 59.3 Å². The highest BCUT2D eigenvalue weighted by Crippen LogP contribution is 2.20. The van der Waals surface area contributed by atoms with Crippen LogP contribution in [0.4, 0.5) is 0 Å². The minimum absolute atomic E-state index is 1.11. The summed E-state index contributed by atoms with van der Waals surface area (Å²) in [5.41, 5.74) is 4.86. The summed E-state index contributed by atoms with van der Waals surface area (Å²) in [6.07, 6.45) is 10.3. The minimum atomic E-state index is 1.11. The number of hydrogen-bond donors (Lipinski definition) is 0. The minimum Gasteiger partial charge on any atom is -0.0912 e. The molecule has 0 heteroatoms. The summed E-state index contributed by atoms with van der Waals surface area (Å²) in [5, 5.41) is 0. The van der Waals surface area contributed by atoms with Gasteiger partial charge in [-0.3, -0.25) is 0 Å². The van der Waals surface area contributed by atoms with Gasteiger partial charge in [-0.1, -0.05) is 37.0 Å². The molecule has 0 saturated carbocycles. The number of hydrogen-bond acceptors (Lipinski definition) is 0. The Balaban J connectivity index is 4.94. The van der Waals surface area contributed by atoms with E-state index in [2.05, 4.69) is 45.6 Å². The van der Waals surface area contributed by atoms with Crippen LogP contribution in [0.5, 0.6) is 0 Å². The van der Waals surface area contributed by atoms with Gasteiger partial charge in [-0.05, 0) is 56.9 Å². The van der Waals surface area contributed by atoms with Crippen LogP contribution in [0, 0.1) is 0 Å². The molecule has 0 N–H and O–H groups in total. The van der Waals surface area contributed by atoms with Crippen molar-refractivity contribution in [3.63, 3.8) is 0 Å². The standard InChI is InChI=1S/C15H22/c1-7-9-11-13(4)15(6)14(5)12(3)10-8-2/h7-11H,6H2,1-5H3/b9-7-,10-8-,13-11+,14-12+. The van der Waals surface area contributed by atoms with E-state index >= 15 is 0 Å². The van der Waals surface area contributed by atoms with Crippen molar-refractivity contribution in [2.75, 3.05) is 0 Å². The lowest BCUT2D eigenvalue weighted by molar-refractivity contribution is 1.27. The monoisotopic (exact) mass is 202 g/mol. The molecule has 0 atom stereocenters. The Labute approximate surface area is 94.4 Å². The molecule has 0 aliphatic rings. The highest BCUT2D eigenvalue weighted by atomic mass is 14.1. The Hall–Kier alpha value is -1.30. The predicted molar refractivity (Wildman–Crippen MR) is 70.9 cm³/mol. The molecule has 0 spiro atoms. The zero-order valence-corrected chi connectivity index (χ0v) is 10.6. The molecule has 0 aromatic heterocycles. The molecule has 0 heterocycles. The van der Waals surface area contributed by atoms with Crippen LogP contribution in [0.3, 0.4) is 0 Å². The number of allylic oxidation sites excluding steroid dienone is 9. The highest BCUT2D eigenvalue weighted by molar-refractivity contribution is 5.47. The molecule has 0 amide bonds. The predicted octanol–water partition coefficient (Wildman–Crippen LogP) is 4.98. The summed E-state index contributed by atoms with van der Waals surface area (Å²) in [7, 11) is 0. The molecular weight excluding hydrogens is 180 g/mol. The van der Waals surface area contributed by atoms with E-state index < -0.39 is 0 Å². The molecule has 0 aliphatic heterocycles. The van der Waals surface area contributed by atoms with Gasteiger partial charge in [-0.15, -0.1) is 0 Å². The molecular formula is C15H22. The average molecular weight is 202 g/mol. The zero-order valence-electron chi connectivity index (χ0n) is 10.6. The fraction of sp³-hybridized carbons (Fsp3) is 0.333. The third kappa shape index (κ3) is 4.64. The maximum absolute atomic E-state index is 4.12. The van der Waals surface area contributed by atoms with Crippen molar-refractivity contribution in [3.05, 3.63) is 59.3 Å². The van der Waals surface area contributed by atoms with Crippen molar-refractivity contribution in [3.8, 4) is 0 Å². The summed E-state index contributed by atoms with van der Waals surface area (Å²) < 4.78 is 0. The van der Waals surface area contributed by atoms with E-state index in [1.165, 1.54) is 16.7 Å². The topological polar surface area (TPSA) is 0 Å². The van der Waals surface area contributed by atoms with Crippen molar-refractivity contribution < 1.29 is 0 Å². The van der Waals surface area contributed by atoms with Gasteiger partial charge >= 0.3 is 0 Å². The summed E-state index contributed by atoms with van der Waals surface area (Å²) in [6.45, 7) is 14.5. The van der Waals surface area contributed by atoms with Gasteiger partial charge in [0.1, 0.15) is 0 Å². The van der Waals surface area contributed by atoms with Crippen molar-refractivity contribution in [2.24, 2.45) is 0 Å². The second kappa shape index (κ2) is 7.05. The maximum atomic E-state index is 4.12. The molecule has 0 fully saturated rings. The second-order valence-corrected chi connectivity index (χ2v) is 3.66. The van der Waals surface area contributed by atoms with E-state index in [-0.39, 0.29) is 0 Å².